The lowest BCUT2D eigenvalue weighted by Crippen LogP contribution is -2.29. The smallest absolute Gasteiger partial charge is 0.456 e. The molecule has 0 saturated carbocycles. The molecule has 81 heavy (non-hydrogen) atoms. The van der Waals surface area contributed by atoms with Crippen LogP contribution in [0.4, 0.5) is 0 Å². The van der Waals surface area contributed by atoms with E-state index in [2.05, 4.69) is 202 Å². The number of halogens is 2. The molecule has 9 heteroatoms. The van der Waals surface area contributed by atoms with Crippen LogP contribution in [0.3, 0.4) is 0 Å². The summed E-state index contributed by atoms with van der Waals surface area (Å²) in [5, 5.41) is 26.7. The molecule has 386 valence electrons. The maximum absolute atomic E-state index is 9.05. The van der Waals surface area contributed by atoms with E-state index in [9.17, 15) is 0 Å². The van der Waals surface area contributed by atoms with E-state index >= 15 is 0 Å². The van der Waals surface area contributed by atoms with E-state index in [-0.39, 0.29) is 0 Å². The maximum atomic E-state index is 9.05. The summed E-state index contributed by atoms with van der Waals surface area (Å²) in [4.78, 5) is 0. The van der Waals surface area contributed by atoms with E-state index in [1.807, 2.05) is 78.9 Å². The first-order chi connectivity index (χ1) is 39.7. The van der Waals surface area contributed by atoms with E-state index in [4.69, 9.17) is 27.7 Å². The van der Waals surface area contributed by atoms with Gasteiger partial charge in [0, 0.05) is 52.0 Å². The van der Waals surface area contributed by atoms with Gasteiger partial charge in [-0.05, 0) is 158 Å². The van der Waals surface area contributed by atoms with Crippen LogP contribution < -0.4 is 5.46 Å². The predicted molar refractivity (Wildman–Crippen MR) is 341 cm³/mol. The Morgan fingerprint density at radius 3 is 0.852 bits per heavy atom. The fourth-order valence-corrected chi connectivity index (χ4v) is 11.6. The normalized spacial score (nSPS) is 11.5. The highest BCUT2D eigenvalue weighted by atomic mass is 79.9. The Balaban J connectivity index is 0.000000131. The van der Waals surface area contributed by atoms with Crippen molar-refractivity contribution in [1.29, 1.82) is 0 Å². The van der Waals surface area contributed by atoms with E-state index in [1.165, 1.54) is 33.4 Å². The molecule has 0 fully saturated rings. The summed E-state index contributed by atoms with van der Waals surface area (Å²) in [7, 11) is -1.41. The summed E-state index contributed by atoms with van der Waals surface area (Å²) >= 11 is 7.04. The van der Waals surface area contributed by atoms with Crippen LogP contribution >= 0.6 is 31.9 Å². The lowest BCUT2D eigenvalue weighted by atomic mass is 9.79. The second-order valence-electron chi connectivity index (χ2n) is 20.1. The largest absolute Gasteiger partial charge is 0.488 e. The van der Waals surface area contributed by atoms with Gasteiger partial charge in [0.15, 0.2) is 0 Å². The standard InChI is InChI=1S/C42H26O2.C18H8Br2O2.C12H11BO2/c1-3-9-27(10-4-1)29-13-7-15-31(21-29)33-17-19-39-35(23-33)37-25-42-38(26-41(37)43-39)36-24-34(18-20-40(36)44-42)32-16-8-14-30(22-32)28-11-5-2-6-12-28;19-9-1-3-15-11(5-9)13-7-18-14(8-17(13)21-15)12-6-10(20)2-4-16(12)22-18;14-13(15)12-8-4-7-11(9-12)10-5-2-1-3-6-10/h1-26H;1-8H;1-9,14-15H. The summed E-state index contributed by atoms with van der Waals surface area (Å²) in [6, 6.07) is 88.9. The molecule has 0 spiro atoms. The number of fused-ring (bicyclic) bond motifs is 12. The Bertz CT molecular complexity index is 4730. The van der Waals surface area contributed by atoms with E-state index in [0.29, 0.717) is 5.46 Å². The average molecular weight is 1180 g/mol. The molecule has 0 bridgehead atoms. The second-order valence-corrected chi connectivity index (χ2v) is 21.9. The monoisotopic (exact) mass is 1170 g/mol. The molecule has 0 radical (unpaired) electrons. The van der Waals surface area contributed by atoms with Crippen LogP contribution in [0.25, 0.3) is 143 Å². The van der Waals surface area contributed by atoms with Gasteiger partial charge in [-0.15, -0.1) is 0 Å². The fraction of sp³-hybridized carbons (Fsp3) is 0. The SMILES string of the molecule is Brc1ccc2oc3cc4c(cc3c2c1)oc1ccc(Br)cc14.OB(O)c1cccc(-c2ccccc2)c1.c1ccc(-c2cccc(-c3ccc4oc5cc6c(cc5c4c3)oc3ccc(-c4cccc(-c5ccccc5)c4)cc36)c2)cc1. The minimum absolute atomic E-state index is 0.511. The molecule has 12 aromatic carbocycles. The molecule has 0 unspecified atom stereocenters. The zero-order valence-corrected chi connectivity index (χ0v) is 46.4. The molecule has 0 aliphatic rings. The van der Waals surface area contributed by atoms with Gasteiger partial charge < -0.3 is 27.7 Å². The zero-order chi connectivity index (χ0) is 54.6. The molecule has 16 rings (SSSR count). The summed E-state index contributed by atoms with van der Waals surface area (Å²) < 4.78 is 26.9. The second kappa shape index (κ2) is 21.1. The van der Waals surface area contributed by atoms with Crippen molar-refractivity contribution in [3.63, 3.8) is 0 Å². The Morgan fingerprint density at radius 2 is 0.494 bits per heavy atom. The molecule has 2 N–H and O–H groups in total. The van der Waals surface area contributed by atoms with Crippen LogP contribution in [-0.4, -0.2) is 17.2 Å². The van der Waals surface area contributed by atoms with Crippen LogP contribution in [0, 0.1) is 0 Å². The third-order valence-corrected chi connectivity index (χ3v) is 15.9. The molecule has 0 aliphatic heterocycles. The van der Waals surface area contributed by atoms with Crippen molar-refractivity contribution in [3.05, 3.63) is 270 Å². The highest BCUT2D eigenvalue weighted by Crippen LogP contribution is 2.41. The molecule has 4 heterocycles. The number of rotatable bonds is 6. The van der Waals surface area contributed by atoms with Gasteiger partial charge in [-0.25, -0.2) is 0 Å². The molecule has 4 aromatic heterocycles. The molecule has 0 aliphatic carbocycles. The van der Waals surface area contributed by atoms with Gasteiger partial charge in [0.2, 0.25) is 0 Å². The molecular weight excluding hydrogens is 1130 g/mol. The Hall–Kier alpha value is -9.22. The van der Waals surface area contributed by atoms with Crippen LogP contribution in [0.1, 0.15) is 0 Å². The Labute approximate surface area is 482 Å². The number of hydrogen-bond donors (Lipinski definition) is 2. The maximum Gasteiger partial charge on any atom is 0.488 e. The third kappa shape index (κ3) is 9.81. The molecule has 6 nitrogen and oxygen atoms in total. The number of hydrogen-bond acceptors (Lipinski definition) is 6. The van der Waals surface area contributed by atoms with Gasteiger partial charge in [-0.3, -0.25) is 0 Å². The van der Waals surface area contributed by atoms with E-state index in [0.717, 1.165) is 119 Å². The van der Waals surface area contributed by atoms with Crippen molar-refractivity contribution in [2.75, 3.05) is 0 Å². The lowest BCUT2D eigenvalue weighted by Gasteiger charge is -2.06. The number of benzene rings is 12. The highest BCUT2D eigenvalue weighted by Gasteiger charge is 2.18. The van der Waals surface area contributed by atoms with Crippen molar-refractivity contribution >= 4 is 132 Å². The van der Waals surface area contributed by atoms with Crippen LogP contribution in [-0.2, 0) is 0 Å². The fourth-order valence-electron chi connectivity index (χ4n) is 10.9. The van der Waals surface area contributed by atoms with Crippen molar-refractivity contribution in [2.45, 2.75) is 0 Å². The van der Waals surface area contributed by atoms with E-state index < -0.39 is 7.12 Å². The summed E-state index contributed by atoms with van der Waals surface area (Å²) in [5.74, 6) is 0. The first-order valence-electron chi connectivity index (χ1n) is 26.5. The quantitative estimate of drug-likeness (QED) is 0.161. The summed E-state index contributed by atoms with van der Waals surface area (Å²) in [6.45, 7) is 0. The van der Waals surface area contributed by atoms with Gasteiger partial charge in [-0.2, -0.15) is 0 Å². The van der Waals surface area contributed by atoms with E-state index in [1.54, 1.807) is 12.1 Å². The van der Waals surface area contributed by atoms with Crippen molar-refractivity contribution in [1.82, 2.24) is 0 Å². The first kappa shape index (κ1) is 50.0. The van der Waals surface area contributed by atoms with Gasteiger partial charge in [-0.1, -0.05) is 196 Å². The van der Waals surface area contributed by atoms with Gasteiger partial charge in [0.25, 0.3) is 0 Å². The van der Waals surface area contributed by atoms with Crippen LogP contribution in [0.5, 0.6) is 0 Å². The molecule has 0 atom stereocenters. The van der Waals surface area contributed by atoms with Gasteiger partial charge >= 0.3 is 7.12 Å². The molecule has 0 saturated heterocycles. The Morgan fingerprint density at radius 1 is 0.222 bits per heavy atom. The first-order valence-corrected chi connectivity index (χ1v) is 28.1. The highest BCUT2D eigenvalue weighted by molar-refractivity contribution is 9.10. The number of furan rings is 4. The van der Waals surface area contributed by atoms with Crippen molar-refractivity contribution in [3.8, 4) is 55.6 Å². The summed E-state index contributed by atoms with van der Waals surface area (Å²) in [6.07, 6.45) is 0. The topological polar surface area (TPSA) is 93.0 Å². The lowest BCUT2D eigenvalue weighted by molar-refractivity contribution is 0.426. The zero-order valence-electron chi connectivity index (χ0n) is 43.2. The molecular formula is C72H45BBr2O6. The van der Waals surface area contributed by atoms with Gasteiger partial charge in [0.05, 0.1) is 0 Å². The molecule has 0 amide bonds. The van der Waals surface area contributed by atoms with Crippen molar-refractivity contribution < 1.29 is 27.7 Å². The van der Waals surface area contributed by atoms with Crippen molar-refractivity contribution in [2.24, 2.45) is 0 Å². The minimum Gasteiger partial charge on any atom is -0.456 e. The van der Waals surface area contributed by atoms with Crippen LogP contribution in [0.15, 0.2) is 287 Å². The minimum atomic E-state index is -1.41. The third-order valence-electron chi connectivity index (χ3n) is 14.9. The average Bonchev–Trinajstić information content (AvgIpc) is 3.71. The van der Waals surface area contributed by atoms with Gasteiger partial charge in [0.1, 0.15) is 44.7 Å². The molecule has 16 aromatic rings. The van der Waals surface area contributed by atoms with Crippen LogP contribution in [0.2, 0.25) is 0 Å². The summed E-state index contributed by atoms with van der Waals surface area (Å²) in [5.41, 5.74) is 19.1. The Kier molecular flexibility index (Phi) is 13.0. The predicted octanol–water partition coefficient (Wildman–Crippen LogP) is 20.2.